The molecule has 0 aliphatic carbocycles. The Morgan fingerprint density at radius 1 is 1.19 bits per heavy atom. The van der Waals surface area contributed by atoms with Crippen LogP contribution in [0.5, 0.6) is 0 Å². The maximum atomic E-state index is 14.0. The smallest absolute Gasteiger partial charge is 0.342 e. The van der Waals surface area contributed by atoms with Crippen LogP contribution in [-0.2, 0) is 32.9 Å². The monoisotopic (exact) mass is 615 g/mol. The van der Waals surface area contributed by atoms with E-state index < -0.39 is 80.1 Å². The van der Waals surface area contributed by atoms with Gasteiger partial charge in [-0.3, -0.25) is 28.5 Å². The molecule has 1 aliphatic rings. The molecule has 6 atom stereocenters. The van der Waals surface area contributed by atoms with Crippen molar-refractivity contribution >= 4 is 36.7 Å². The second-order valence-corrected chi connectivity index (χ2v) is 12.3. The molecule has 2 aromatic heterocycles. The largest absolute Gasteiger partial charge is 0.462 e. The third-order valence-corrected chi connectivity index (χ3v) is 8.08. The number of fused-ring (bicyclic) bond motifs is 1. The maximum Gasteiger partial charge on any atom is 0.342 e. The van der Waals surface area contributed by atoms with E-state index in [0.717, 1.165) is 6.08 Å². The van der Waals surface area contributed by atoms with Gasteiger partial charge in [-0.2, -0.15) is 4.98 Å². The molecule has 17 nitrogen and oxygen atoms in total. The fourth-order valence-corrected chi connectivity index (χ4v) is 5.93. The number of carbonyl (C=O) groups is 2. The highest BCUT2D eigenvalue weighted by atomic mass is 31.2. The molecule has 0 bridgehead atoms. The third kappa shape index (κ3) is 7.23. The van der Waals surface area contributed by atoms with Crippen LogP contribution in [0.15, 0.2) is 23.8 Å². The molecule has 2 aromatic rings. The van der Waals surface area contributed by atoms with Crippen LogP contribution in [0.2, 0.25) is 0 Å². The molecule has 3 heterocycles. The van der Waals surface area contributed by atoms with Gasteiger partial charge in [0, 0.05) is 0 Å². The number of carbonyl (C=O) groups excluding carboxylic acids is 2. The lowest BCUT2D eigenvalue weighted by molar-refractivity contribution is -0.149. The Morgan fingerprint density at radius 3 is 2.24 bits per heavy atom. The number of rotatable bonds is 13. The van der Waals surface area contributed by atoms with Crippen molar-refractivity contribution in [3.63, 3.8) is 0 Å². The summed E-state index contributed by atoms with van der Waals surface area (Å²) < 4.78 is 37.2. The van der Waals surface area contributed by atoms with E-state index in [-0.39, 0.29) is 17.1 Å². The molecule has 0 saturated carbocycles. The summed E-state index contributed by atoms with van der Waals surface area (Å²) in [5.74, 6) is -1.70. The zero-order valence-electron chi connectivity index (χ0n) is 24.1. The van der Waals surface area contributed by atoms with Gasteiger partial charge in [-0.25, -0.2) is 15.2 Å². The first kappa shape index (κ1) is 33.3. The van der Waals surface area contributed by atoms with Crippen LogP contribution in [0.25, 0.3) is 11.2 Å². The van der Waals surface area contributed by atoms with Crippen LogP contribution in [0.3, 0.4) is 0 Å². The molecule has 0 amide bonds. The number of imidazole rings is 1. The summed E-state index contributed by atoms with van der Waals surface area (Å²) in [7, 11) is -4.33. The standard InChI is InChI=1S/C24H38N7O10P/c1-8-24(17(33)16(32)20(41-24)31-10-26-15-18(31)27-23(25)28-19(15)34)9-38-42(37,29-13(6)21(35)39-11(2)3)30-14(7)22(36)40-12(4)5/h8,10-14,16-17,20,32-33H,1,9H2,2-7H3,(H2,29,30,37)(H3,25,27,28,34)/t13-,14-,16+,17-,20+,24+/m0/s1. The number of ether oxygens (including phenoxy) is 3. The molecule has 7 N–H and O–H groups in total. The number of esters is 2. The molecule has 1 aliphatic heterocycles. The topological polar surface area (TPSA) is 242 Å². The summed E-state index contributed by atoms with van der Waals surface area (Å²) in [6.07, 6.45) is -3.29. The quantitative estimate of drug-likeness (QED) is 0.0976. The fraction of sp³-hybridized carbons (Fsp3) is 0.625. The van der Waals surface area contributed by atoms with Gasteiger partial charge < -0.3 is 34.7 Å². The first-order chi connectivity index (χ1) is 19.5. The number of aromatic amines is 1. The average molecular weight is 616 g/mol. The molecule has 1 fully saturated rings. The summed E-state index contributed by atoms with van der Waals surface area (Å²) in [5, 5.41) is 27.0. The molecule has 234 valence electrons. The van der Waals surface area contributed by atoms with E-state index in [0.29, 0.717) is 0 Å². The van der Waals surface area contributed by atoms with Gasteiger partial charge >= 0.3 is 19.6 Å². The first-order valence-corrected chi connectivity index (χ1v) is 14.8. The van der Waals surface area contributed by atoms with Crippen molar-refractivity contribution in [2.45, 2.75) is 89.9 Å². The van der Waals surface area contributed by atoms with Gasteiger partial charge in [0.05, 0.1) is 25.1 Å². The predicted molar refractivity (Wildman–Crippen MR) is 149 cm³/mol. The van der Waals surface area contributed by atoms with E-state index in [1.165, 1.54) is 24.7 Å². The van der Waals surface area contributed by atoms with Crippen molar-refractivity contribution < 1.29 is 43.1 Å². The highest BCUT2D eigenvalue weighted by Gasteiger charge is 2.55. The van der Waals surface area contributed by atoms with Gasteiger partial charge in [0.1, 0.15) is 29.9 Å². The van der Waals surface area contributed by atoms with E-state index in [9.17, 15) is 29.2 Å². The number of nitrogens with two attached hydrogens (primary N) is 1. The SMILES string of the molecule is C=C[C@]1(COP(=O)(N[C@@H](C)C(=O)OC(C)C)N[C@@H](C)C(=O)OC(C)C)O[C@@H](n2cnc3c(=O)[nH]c(N)nc32)[C@H](O)[C@@H]1O. The Bertz CT molecular complexity index is 1380. The number of H-pyrrole nitrogens is 1. The van der Waals surface area contributed by atoms with Crippen LogP contribution in [-0.4, -0.2) is 90.4 Å². The molecule has 1 saturated heterocycles. The molecule has 0 spiro atoms. The average Bonchev–Trinajstić information content (AvgIpc) is 3.41. The number of aliphatic hydroxyl groups excluding tert-OH is 2. The van der Waals surface area contributed by atoms with Gasteiger partial charge in [-0.1, -0.05) is 6.08 Å². The van der Waals surface area contributed by atoms with Crippen molar-refractivity contribution in [3.8, 4) is 0 Å². The molecule has 0 aromatic carbocycles. The summed E-state index contributed by atoms with van der Waals surface area (Å²) in [4.78, 5) is 47.4. The lowest BCUT2D eigenvalue weighted by Gasteiger charge is -2.32. The fourth-order valence-electron chi connectivity index (χ4n) is 4.09. The number of hydrogen-bond donors (Lipinski definition) is 6. The van der Waals surface area contributed by atoms with Gasteiger partial charge in [-0.15, -0.1) is 6.58 Å². The Balaban J connectivity index is 1.90. The Kier molecular flexibility index (Phi) is 10.3. The Hall–Kier alpha value is -3.18. The van der Waals surface area contributed by atoms with Gasteiger partial charge in [0.15, 0.2) is 17.4 Å². The minimum absolute atomic E-state index is 0.0303. The lowest BCUT2D eigenvalue weighted by Crippen LogP contribution is -2.47. The van der Waals surface area contributed by atoms with Crippen LogP contribution in [0, 0.1) is 0 Å². The van der Waals surface area contributed by atoms with Gasteiger partial charge in [0.2, 0.25) is 5.95 Å². The van der Waals surface area contributed by atoms with Crippen molar-refractivity contribution in [2.24, 2.45) is 0 Å². The van der Waals surface area contributed by atoms with Crippen molar-refractivity contribution in [3.05, 3.63) is 29.3 Å². The van der Waals surface area contributed by atoms with Crippen LogP contribution >= 0.6 is 7.67 Å². The van der Waals surface area contributed by atoms with E-state index in [2.05, 4.69) is 31.7 Å². The maximum absolute atomic E-state index is 14.0. The highest BCUT2D eigenvalue weighted by Crippen LogP contribution is 2.45. The molecule has 0 radical (unpaired) electrons. The normalized spacial score (nSPS) is 24.2. The highest BCUT2D eigenvalue weighted by molar-refractivity contribution is 7.54. The van der Waals surface area contributed by atoms with Gasteiger partial charge in [-0.05, 0) is 41.5 Å². The molecule has 42 heavy (non-hydrogen) atoms. The van der Waals surface area contributed by atoms with Gasteiger partial charge in [0.25, 0.3) is 5.56 Å². The van der Waals surface area contributed by atoms with Crippen molar-refractivity contribution in [2.75, 3.05) is 12.3 Å². The van der Waals surface area contributed by atoms with E-state index in [1.54, 1.807) is 27.7 Å². The number of hydrogen-bond acceptors (Lipinski definition) is 13. The summed E-state index contributed by atoms with van der Waals surface area (Å²) in [6, 6.07) is -2.34. The predicted octanol–water partition coefficient (Wildman–Crippen LogP) is -0.139. The molecule has 18 heteroatoms. The first-order valence-electron chi connectivity index (χ1n) is 13.1. The summed E-state index contributed by atoms with van der Waals surface area (Å²) >= 11 is 0. The van der Waals surface area contributed by atoms with E-state index in [4.69, 9.17) is 24.5 Å². The number of nitrogen functional groups attached to an aromatic ring is 1. The number of anilines is 1. The minimum atomic E-state index is -4.33. The third-order valence-electron chi connectivity index (χ3n) is 6.14. The Morgan fingerprint density at radius 2 is 1.74 bits per heavy atom. The molecular weight excluding hydrogens is 577 g/mol. The molecule has 3 rings (SSSR count). The molecular formula is C24H38N7O10P. The van der Waals surface area contributed by atoms with E-state index in [1.807, 2.05) is 0 Å². The number of nitrogens with one attached hydrogen (secondary N) is 3. The molecule has 0 unspecified atom stereocenters. The summed E-state index contributed by atoms with van der Waals surface area (Å²) in [6.45, 7) is 12.3. The summed E-state index contributed by atoms with van der Waals surface area (Å²) in [5.41, 5.74) is 3.02. The Labute approximate surface area is 241 Å². The van der Waals surface area contributed by atoms with E-state index >= 15 is 0 Å². The van der Waals surface area contributed by atoms with Crippen molar-refractivity contribution in [1.29, 1.82) is 0 Å². The van der Waals surface area contributed by atoms with Crippen molar-refractivity contribution in [1.82, 2.24) is 29.7 Å². The zero-order valence-corrected chi connectivity index (χ0v) is 25.0. The van der Waals surface area contributed by atoms with Crippen LogP contribution in [0.1, 0.15) is 47.8 Å². The number of aromatic nitrogens is 4. The minimum Gasteiger partial charge on any atom is -0.462 e. The second kappa shape index (κ2) is 13.0. The zero-order chi connectivity index (χ0) is 31.6. The number of nitrogens with zero attached hydrogens (tertiary/aromatic N) is 3. The van der Waals surface area contributed by atoms with Crippen LogP contribution in [0.4, 0.5) is 5.95 Å². The van der Waals surface area contributed by atoms with Crippen LogP contribution < -0.4 is 21.5 Å². The second-order valence-electron chi connectivity index (χ2n) is 10.4. The number of aliphatic hydroxyl groups is 2. The lowest BCUT2D eigenvalue weighted by atomic mass is 9.96.